The topological polar surface area (TPSA) is 84.2 Å². The zero-order chi connectivity index (χ0) is 20.5. The smallest absolute Gasteiger partial charge is 0.227 e. The van der Waals surface area contributed by atoms with E-state index in [9.17, 15) is 9.50 Å². The summed E-state index contributed by atoms with van der Waals surface area (Å²) in [5.74, 6) is 0.984. The molecule has 1 atom stereocenters. The molecule has 150 valence electrons. The average Bonchev–Trinajstić information content (AvgIpc) is 3.43. The highest BCUT2D eigenvalue weighted by Gasteiger charge is 2.11. The summed E-state index contributed by atoms with van der Waals surface area (Å²) in [4.78, 5) is 12.0. The molecule has 2 N–H and O–H groups in total. The molecule has 0 fully saturated rings. The summed E-state index contributed by atoms with van der Waals surface area (Å²) >= 11 is 0. The number of ether oxygens (including phenoxy) is 1. The molecule has 3 heterocycles. The van der Waals surface area contributed by atoms with Gasteiger partial charge in [-0.3, -0.25) is 0 Å². The Morgan fingerprint density at radius 3 is 2.70 bits per heavy atom. The van der Waals surface area contributed by atoms with Gasteiger partial charge in [0.05, 0.1) is 0 Å². The Hall–Kier alpha value is -3.71. The molecule has 0 radical (unpaired) electrons. The molecule has 0 spiro atoms. The number of nitrogens with zero attached hydrogens (tertiary/aromatic N) is 2. The fraction of sp³-hybridized carbons (Fsp3) is 0.130. The third-order valence-electron chi connectivity index (χ3n) is 4.85. The van der Waals surface area contributed by atoms with E-state index in [1.165, 1.54) is 0 Å². The van der Waals surface area contributed by atoms with E-state index in [4.69, 9.17) is 9.15 Å². The monoisotopic (exact) mass is 403 g/mol. The van der Waals surface area contributed by atoms with E-state index >= 15 is 0 Å². The van der Waals surface area contributed by atoms with E-state index in [2.05, 4.69) is 21.0 Å². The number of fused-ring (bicyclic) bond motifs is 2. The summed E-state index contributed by atoms with van der Waals surface area (Å²) in [6.07, 6.45) is 2.57. The molecule has 30 heavy (non-hydrogen) atoms. The summed E-state index contributed by atoms with van der Waals surface area (Å²) in [6, 6.07) is 17.2. The van der Waals surface area contributed by atoms with Gasteiger partial charge in [-0.05, 0) is 42.0 Å². The molecule has 0 aliphatic carbocycles. The number of hydrogen-bond acceptors (Lipinski definition) is 5. The first-order valence-electron chi connectivity index (χ1n) is 9.51. The van der Waals surface area contributed by atoms with Crippen LogP contribution in [0.5, 0.6) is 5.75 Å². The normalized spacial score (nSPS) is 12.5. The number of aromatic nitrogens is 3. The minimum absolute atomic E-state index is 0.117. The van der Waals surface area contributed by atoms with Crippen molar-refractivity contribution in [1.82, 2.24) is 15.0 Å². The van der Waals surface area contributed by atoms with Crippen LogP contribution >= 0.6 is 0 Å². The molecule has 5 aromatic rings. The number of H-pyrrole nitrogens is 1. The van der Waals surface area contributed by atoms with Crippen LogP contribution in [0.25, 0.3) is 44.7 Å². The van der Waals surface area contributed by atoms with Gasteiger partial charge in [0.15, 0.2) is 5.58 Å². The largest absolute Gasteiger partial charge is 0.491 e. The molecule has 2 aromatic carbocycles. The lowest BCUT2D eigenvalue weighted by Gasteiger charge is -2.08. The van der Waals surface area contributed by atoms with E-state index < -0.39 is 12.8 Å². The van der Waals surface area contributed by atoms with Crippen molar-refractivity contribution in [1.29, 1.82) is 0 Å². The molecule has 6 nitrogen and oxygen atoms in total. The number of halogens is 1. The Kier molecular flexibility index (Phi) is 4.65. The van der Waals surface area contributed by atoms with Crippen molar-refractivity contribution in [3.05, 3.63) is 67.0 Å². The van der Waals surface area contributed by atoms with Gasteiger partial charge in [0.2, 0.25) is 5.89 Å². The van der Waals surface area contributed by atoms with Crippen LogP contribution in [0.1, 0.15) is 0 Å². The fourth-order valence-electron chi connectivity index (χ4n) is 3.26. The third-order valence-corrected chi connectivity index (χ3v) is 4.85. The number of hydrogen-bond donors (Lipinski definition) is 2. The Balaban J connectivity index is 1.39. The van der Waals surface area contributed by atoms with Gasteiger partial charge in [-0.2, -0.15) is 0 Å². The zero-order valence-electron chi connectivity index (χ0n) is 15.9. The van der Waals surface area contributed by atoms with Crippen LogP contribution in [0.15, 0.2) is 71.4 Å². The highest BCUT2D eigenvalue weighted by Crippen LogP contribution is 2.29. The quantitative estimate of drug-likeness (QED) is 0.428. The Morgan fingerprint density at radius 1 is 1.03 bits per heavy atom. The van der Waals surface area contributed by atoms with Gasteiger partial charge < -0.3 is 19.2 Å². The lowest BCUT2D eigenvalue weighted by atomic mass is 10.0. The number of benzene rings is 2. The van der Waals surface area contributed by atoms with Crippen molar-refractivity contribution < 1.29 is 18.7 Å². The summed E-state index contributed by atoms with van der Waals surface area (Å²) in [5.41, 5.74) is 5.04. The average molecular weight is 403 g/mol. The van der Waals surface area contributed by atoms with Crippen molar-refractivity contribution in [2.45, 2.75) is 6.10 Å². The molecule has 5 rings (SSSR count). The Bertz CT molecular complexity index is 1310. The number of aliphatic hydroxyl groups excluding tert-OH is 1. The molecule has 0 bridgehead atoms. The minimum atomic E-state index is -1.14. The number of aliphatic hydroxyl groups is 1. The van der Waals surface area contributed by atoms with Gasteiger partial charge in [0.25, 0.3) is 0 Å². The fourth-order valence-corrected chi connectivity index (χ4v) is 3.26. The molecular formula is C23H18FN3O3. The van der Waals surface area contributed by atoms with Gasteiger partial charge in [0.1, 0.15) is 36.3 Å². The van der Waals surface area contributed by atoms with Crippen molar-refractivity contribution in [2.75, 3.05) is 13.3 Å². The van der Waals surface area contributed by atoms with E-state index in [-0.39, 0.29) is 6.61 Å². The molecule has 0 aliphatic heterocycles. The molecule has 0 amide bonds. The van der Waals surface area contributed by atoms with Crippen LogP contribution in [-0.2, 0) is 0 Å². The summed E-state index contributed by atoms with van der Waals surface area (Å²) < 4.78 is 23.6. The number of pyridine rings is 1. The molecule has 0 saturated heterocycles. The first-order chi connectivity index (χ1) is 14.7. The van der Waals surface area contributed by atoms with E-state index in [0.717, 1.165) is 27.7 Å². The summed E-state index contributed by atoms with van der Waals surface area (Å²) in [5, 5.41) is 10.4. The number of aromatic amines is 1. The predicted molar refractivity (Wildman–Crippen MR) is 112 cm³/mol. The van der Waals surface area contributed by atoms with E-state index in [1.807, 2.05) is 42.7 Å². The van der Waals surface area contributed by atoms with Crippen molar-refractivity contribution in [2.24, 2.45) is 0 Å². The van der Waals surface area contributed by atoms with Gasteiger partial charge in [-0.15, -0.1) is 0 Å². The molecule has 1 unspecified atom stereocenters. The first kappa shape index (κ1) is 18.3. The van der Waals surface area contributed by atoms with Crippen molar-refractivity contribution in [3.63, 3.8) is 0 Å². The van der Waals surface area contributed by atoms with Crippen LogP contribution in [0.2, 0.25) is 0 Å². The standard InChI is InChI=1S/C23H18FN3O3/c24-11-18(28)13-29-19-5-6-20-21(10-19)30-23(27-20)15-3-1-14(2-4-15)17-9-16-7-8-25-22(16)26-12-17/h1-10,12,18,28H,11,13H2,(H,25,26). The lowest BCUT2D eigenvalue weighted by Crippen LogP contribution is -2.19. The summed E-state index contributed by atoms with van der Waals surface area (Å²) in [6.45, 7) is -0.965. The highest BCUT2D eigenvalue weighted by molar-refractivity contribution is 5.82. The van der Waals surface area contributed by atoms with Crippen LogP contribution in [-0.4, -0.2) is 39.4 Å². The number of nitrogens with one attached hydrogen (secondary N) is 1. The highest BCUT2D eigenvalue weighted by atomic mass is 19.1. The second-order valence-electron chi connectivity index (χ2n) is 6.98. The van der Waals surface area contributed by atoms with E-state index in [0.29, 0.717) is 22.7 Å². The first-order valence-corrected chi connectivity index (χ1v) is 9.51. The van der Waals surface area contributed by atoms with Gasteiger partial charge >= 0.3 is 0 Å². The third kappa shape index (κ3) is 3.51. The number of rotatable bonds is 6. The minimum Gasteiger partial charge on any atom is -0.491 e. The molecule has 3 aromatic heterocycles. The van der Waals surface area contributed by atoms with Gasteiger partial charge in [0, 0.05) is 35.0 Å². The van der Waals surface area contributed by atoms with Crippen LogP contribution in [0.3, 0.4) is 0 Å². The van der Waals surface area contributed by atoms with Crippen LogP contribution in [0.4, 0.5) is 4.39 Å². The molecule has 0 saturated carbocycles. The SMILES string of the molecule is OC(CF)COc1ccc2nc(-c3ccc(-c4cnc5[nH]ccc5c4)cc3)oc2c1. The molecule has 0 aliphatic rings. The maximum absolute atomic E-state index is 12.4. The maximum Gasteiger partial charge on any atom is 0.227 e. The van der Waals surface area contributed by atoms with Crippen molar-refractivity contribution in [3.8, 4) is 28.3 Å². The summed E-state index contributed by atoms with van der Waals surface area (Å²) in [7, 11) is 0. The van der Waals surface area contributed by atoms with Gasteiger partial charge in [-0.1, -0.05) is 12.1 Å². The number of alkyl halides is 1. The number of oxazole rings is 1. The van der Waals surface area contributed by atoms with Crippen LogP contribution < -0.4 is 4.74 Å². The predicted octanol–water partition coefficient (Wildman–Crippen LogP) is 4.75. The maximum atomic E-state index is 12.4. The second-order valence-corrected chi connectivity index (χ2v) is 6.98. The van der Waals surface area contributed by atoms with Gasteiger partial charge in [-0.25, -0.2) is 14.4 Å². The Morgan fingerprint density at radius 2 is 1.87 bits per heavy atom. The van der Waals surface area contributed by atoms with Crippen molar-refractivity contribution >= 4 is 22.1 Å². The van der Waals surface area contributed by atoms with Crippen LogP contribution in [0, 0.1) is 0 Å². The van der Waals surface area contributed by atoms with E-state index in [1.54, 1.807) is 18.2 Å². The molecular weight excluding hydrogens is 385 g/mol. The Labute approximate surface area is 171 Å². The zero-order valence-corrected chi connectivity index (χ0v) is 15.9. The molecule has 7 heteroatoms. The second kappa shape index (κ2) is 7.61. The lowest BCUT2D eigenvalue weighted by molar-refractivity contribution is 0.0842.